The molecule has 0 fully saturated rings. The lowest BCUT2D eigenvalue weighted by molar-refractivity contribution is 0.0599. The van der Waals surface area contributed by atoms with Crippen molar-refractivity contribution < 1.29 is 17.9 Å². The van der Waals surface area contributed by atoms with Gasteiger partial charge < -0.3 is 4.74 Å². The molecular weight excluding hydrogens is 240 g/mol. The summed E-state index contributed by atoms with van der Waals surface area (Å²) in [7, 11) is -2.14. The maximum Gasteiger partial charge on any atom is 0.338 e. The molecule has 5 heteroatoms. The summed E-state index contributed by atoms with van der Waals surface area (Å²) in [6, 6.07) is 3.12. The van der Waals surface area contributed by atoms with Crippen LogP contribution < -0.4 is 0 Å². The van der Waals surface area contributed by atoms with Crippen LogP contribution in [0.1, 0.15) is 21.5 Å². The van der Waals surface area contributed by atoms with E-state index in [-0.39, 0.29) is 4.90 Å². The van der Waals surface area contributed by atoms with E-state index in [1.54, 1.807) is 19.1 Å². The molecule has 0 aliphatic carbocycles. The van der Waals surface area contributed by atoms with Crippen molar-refractivity contribution in [2.75, 3.05) is 7.11 Å². The van der Waals surface area contributed by atoms with Gasteiger partial charge >= 0.3 is 5.97 Å². The fourth-order valence-corrected chi connectivity index (χ4v) is 3.16. The number of ether oxygens (including phenoxy) is 1. The van der Waals surface area contributed by atoms with Gasteiger partial charge in [0.25, 0.3) is 0 Å². The van der Waals surface area contributed by atoms with Gasteiger partial charge in [-0.05, 0) is 30.5 Å². The molecule has 0 aromatic heterocycles. The van der Waals surface area contributed by atoms with Crippen LogP contribution in [0.4, 0.5) is 0 Å². The third-order valence-corrected chi connectivity index (χ3v) is 4.28. The summed E-state index contributed by atoms with van der Waals surface area (Å²) in [5.41, 5.74) is 1.74. The van der Waals surface area contributed by atoms with Crippen molar-refractivity contribution in [1.29, 1.82) is 0 Å². The topological polar surface area (TPSA) is 60.4 Å². The molecule has 0 bridgehead atoms. The molecule has 0 radical (unpaired) electrons. The maximum atomic E-state index is 11.8. The highest BCUT2D eigenvalue weighted by Gasteiger charge is 2.22. The van der Waals surface area contributed by atoms with Crippen molar-refractivity contribution in [3.63, 3.8) is 0 Å². The fraction of sp³-hybridized carbons (Fsp3) is 0.250. The first-order valence-corrected chi connectivity index (χ1v) is 6.64. The number of methoxy groups -OCH3 is 1. The largest absolute Gasteiger partial charge is 0.465 e. The molecule has 90 valence electrons. The Morgan fingerprint density at radius 1 is 1.35 bits per heavy atom. The molecule has 0 unspecified atom stereocenters. The van der Waals surface area contributed by atoms with Crippen LogP contribution in [0, 0.1) is 6.92 Å². The van der Waals surface area contributed by atoms with Crippen molar-refractivity contribution in [3.8, 4) is 0 Å². The second-order valence-corrected chi connectivity index (χ2v) is 5.69. The standard InChI is InChI=1S/C12H12O4S/c1-8-6-9-4-3-5-17(14,15)11(9)7-10(8)12(13)16-2/h3,5-7H,4H2,1-2H3. The number of carbonyl (C=O) groups is 1. The highest BCUT2D eigenvalue weighted by Crippen LogP contribution is 2.27. The number of esters is 1. The van der Waals surface area contributed by atoms with Crippen LogP contribution in [0.25, 0.3) is 0 Å². The Bertz CT molecular complexity index is 612. The van der Waals surface area contributed by atoms with Crippen molar-refractivity contribution in [1.82, 2.24) is 0 Å². The summed E-state index contributed by atoms with van der Waals surface area (Å²) in [5.74, 6) is -0.518. The van der Waals surface area contributed by atoms with E-state index in [0.717, 1.165) is 11.1 Å². The summed E-state index contributed by atoms with van der Waals surface area (Å²) in [5, 5.41) is 1.17. The number of hydrogen-bond acceptors (Lipinski definition) is 4. The van der Waals surface area contributed by atoms with Crippen molar-refractivity contribution >= 4 is 15.8 Å². The van der Waals surface area contributed by atoms with Gasteiger partial charge in [0.05, 0.1) is 17.6 Å². The first kappa shape index (κ1) is 11.9. The summed E-state index contributed by atoms with van der Waals surface area (Å²) >= 11 is 0. The number of rotatable bonds is 1. The zero-order chi connectivity index (χ0) is 12.6. The SMILES string of the molecule is COC(=O)c1cc2c(cc1C)CC=CS2(=O)=O. The summed E-state index contributed by atoms with van der Waals surface area (Å²) in [4.78, 5) is 11.7. The molecule has 0 saturated heterocycles. The van der Waals surface area contributed by atoms with E-state index in [9.17, 15) is 13.2 Å². The van der Waals surface area contributed by atoms with Crippen molar-refractivity contribution in [3.05, 3.63) is 40.3 Å². The summed E-state index contributed by atoms with van der Waals surface area (Å²) in [6.07, 6.45) is 2.17. The van der Waals surface area contributed by atoms with E-state index >= 15 is 0 Å². The molecule has 0 N–H and O–H groups in total. The van der Waals surface area contributed by atoms with Gasteiger partial charge in [0.1, 0.15) is 0 Å². The minimum absolute atomic E-state index is 0.200. The van der Waals surface area contributed by atoms with Crippen LogP contribution in [0.5, 0.6) is 0 Å². The molecule has 0 spiro atoms. The average molecular weight is 252 g/mol. The number of benzene rings is 1. The number of sulfone groups is 1. The number of allylic oxidation sites excluding steroid dienone is 1. The van der Waals surface area contributed by atoms with E-state index in [0.29, 0.717) is 12.0 Å². The molecule has 4 nitrogen and oxygen atoms in total. The quantitative estimate of drug-likeness (QED) is 0.713. The molecular formula is C12H12O4S. The van der Waals surface area contributed by atoms with Gasteiger partial charge in [-0.3, -0.25) is 0 Å². The van der Waals surface area contributed by atoms with Crippen LogP contribution in [0.2, 0.25) is 0 Å². The number of fused-ring (bicyclic) bond motifs is 1. The van der Waals surface area contributed by atoms with Gasteiger partial charge in [0, 0.05) is 5.41 Å². The molecule has 1 aromatic rings. The van der Waals surface area contributed by atoms with Gasteiger partial charge in [-0.25, -0.2) is 13.2 Å². The zero-order valence-corrected chi connectivity index (χ0v) is 10.4. The lowest BCUT2D eigenvalue weighted by Gasteiger charge is -2.14. The molecule has 1 aliphatic heterocycles. The minimum Gasteiger partial charge on any atom is -0.465 e. The molecule has 0 saturated carbocycles. The predicted octanol–water partition coefficient (Wildman–Crippen LogP) is 1.63. The van der Waals surface area contributed by atoms with Gasteiger partial charge in [-0.15, -0.1) is 0 Å². The first-order chi connectivity index (χ1) is 7.95. The van der Waals surface area contributed by atoms with Crippen LogP contribution in [0.3, 0.4) is 0 Å². The lowest BCUT2D eigenvalue weighted by atomic mass is 10.0. The van der Waals surface area contributed by atoms with Gasteiger partial charge in [0.15, 0.2) is 9.84 Å². The van der Waals surface area contributed by atoms with E-state index < -0.39 is 15.8 Å². The maximum absolute atomic E-state index is 11.8. The van der Waals surface area contributed by atoms with Gasteiger partial charge in [-0.1, -0.05) is 12.1 Å². The Kier molecular flexibility index (Phi) is 2.79. The molecule has 17 heavy (non-hydrogen) atoms. The Labute approximate surface area is 99.8 Å². The normalized spacial score (nSPS) is 16.4. The number of hydrogen-bond donors (Lipinski definition) is 0. The van der Waals surface area contributed by atoms with E-state index in [2.05, 4.69) is 4.74 Å². The highest BCUT2D eigenvalue weighted by molar-refractivity contribution is 7.94. The molecule has 2 rings (SSSR count). The zero-order valence-electron chi connectivity index (χ0n) is 9.56. The lowest BCUT2D eigenvalue weighted by Crippen LogP contribution is -2.11. The molecule has 0 atom stereocenters. The first-order valence-electron chi connectivity index (χ1n) is 5.09. The summed E-state index contributed by atoms with van der Waals surface area (Å²) < 4.78 is 28.2. The number of aryl methyl sites for hydroxylation is 1. The minimum atomic E-state index is -3.41. The summed E-state index contributed by atoms with van der Waals surface area (Å²) in [6.45, 7) is 1.76. The number of carbonyl (C=O) groups excluding carboxylic acids is 1. The van der Waals surface area contributed by atoms with E-state index in [4.69, 9.17) is 0 Å². The monoisotopic (exact) mass is 252 g/mol. The van der Waals surface area contributed by atoms with Crippen LogP contribution in [0.15, 0.2) is 28.5 Å². The average Bonchev–Trinajstić information content (AvgIpc) is 2.27. The van der Waals surface area contributed by atoms with E-state index in [1.807, 2.05) is 0 Å². The van der Waals surface area contributed by atoms with Crippen molar-refractivity contribution in [2.45, 2.75) is 18.2 Å². The predicted molar refractivity (Wildman–Crippen MR) is 62.5 cm³/mol. The van der Waals surface area contributed by atoms with Crippen LogP contribution in [-0.2, 0) is 21.0 Å². The smallest absolute Gasteiger partial charge is 0.338 e. The highest BCUT2D eigenvalue weighted by atomic mass is 32.2. The second kappa shape index (κ2) is 4.00. The Balaban J connectivity index is 2.68. The van der Waals surface area contributed by atoms with Gasteiger partial charge in [0.2, 0.25) is 0 Å². The Morgan fingerprint density at radius 2 is 2.06 bits per heavy atom. The van der Waals surface area contributed by atoms with Crippen molar-refractivity contribution in [2.24, 2.45) is 0 Å². The molecule has 1 aliphatic rings. The molecule has 1 heterocycles. The van der Waals surface area contributed by atoms with Crippen LogP contribution >= 0.6 is 0 Å². The van der Waals surface area contributed by atoms with E-state index in [1.165, 1.54) is 18.6 Å². The fourth-order valence-electron chi connectivity index (χ4n) is 1.88. The van der Waals surface area contributed by atoms with Gasteiger partial charge in [-0.2, -0.15) is 0 Å². The molecule has 1 aromatic carbocycles. The third kappa shape index (κ3) is 1.98. The van der Waals surface area contributed by atoms with Crippen LogP contribution in [-0.4, -0.2) is 21.5 Å². The third-order valence-electron chi connectivity index (χ3n) is 2.73. The molecule has 0 amide bonds. The second-order valence-electron chi connectivity index (χ2n) is 3.89. The Morgan fingerprint density at radius 3 is 2.71 bits per heavy atom. The Hall–Kier alpha value is -1.62.